The molecule has 0 radical (unpaired) electrons. The fraction of sp³-hybridized carbons (Fsp3) is 0.143. The van der Waals surface area contributed by atoms with Crippen LogP contribution in [0, 0.1) is 20.7 Å². The minimum absolute atomic E-state index is 0.0352. The van der Waals surface area contributed by atoms with E-state index in [9.17, 15) is 5.11 Å². The van der Waals surface area contributed by atoms with Gasteiger partial charge in [-0.15, -0.1) is 0 Å². The molecule has 0 saturated carbocycles. The van der Waals surface area contributed by atoms with Gasteiger partial charge in [0.15, 0.2) is 0 Å². The Labute approximate surface area is 196 Å². The molecule has 0 aliphatic carbocycles. The van der Waals surface area contributed by atoms with E-state index in [1.807, 2.05) is 61.9 Å². The summed E-state index contributed by atoms with van der Waals surface area (Å²) in [6.45, 7) is 1.11. The number of phenolic OH excluding ortho intramolecular Hbond substituents is 1. The molecule has 5 aromatic rings. The molecule has 0 fully saturated rings. The summed E-state index contributed by atoms with van der Waals surface area (Å²) in [5.41, 5.74) is 5.58. The van der Waals surface area contributed by atoms with Crippen molar-refractivity contribution in [1.29, 1.82) is 0 Å². The molecule has 4 heteroatoms. The number of fused-ring (bicyclic) bond motifs is 1. The van der Waals surface area contributed by atoms with Crippen molar-refractivity contribution < 1.29 is 13.3 Å². The van der Waals surface area contributed by atoms with Crippen molar-refractivity contribution in [1.82, 2.24) is 14.5 Å². The van der Waals surface area contributed by atoms with Gasteiger partial charge in [-0.1, -0.05) is 36.4 Å². The quantitative estimate of drug-likeness (QED) is 0.354. The van der Waals surface area contributed by atoms with Crippen LogP contribution < -0.4 is 0 Å². The summed E-state index contributed by atoms with van der Waals surface area (Å²) in [5, 5.41) is 10.8. The Bertz CT molecular complexity index is 1740. The third-order valence-corrected chi connectivity index (χ3v) is 5.64. The average Bonchev–Trinajstić information content (AvgIpc) is 3.19. The highest BCUT2D eigenvalue weighted by molar-refractivity contribution is 5.95. The van der Waals surface area contributed by atoms with E-state index in [0.29, 0.717) is 22.5 Å². The van der Waals surface area contributed by atoms with Gasteiger partial charge in [0.25, 0.3) is 0 Å². The number of aromatic hydroxyl groups is 1. The molecule has 0 spiro atoms. The zero-order chi connectivity index (χ0) is 27.5. The van der Waals surface area contributed by atoms with Crippen LogP contribution in [0.25, 0.3) is 44.8 Å². The van der Waals surface area contributed by atoms with Crippen LogP contribution in [0.4, 0.5) is 0 Å². The minimum atomic E-state index is -2.71. The summed E-state index contributed by atoms with van der Waals surface area (Å²) in [5.74, 6) is 0.802. The lowest BCUT2D eigenvalue weighted by Crippen LogP contribution is -1.94. The van der Waals surface area contributed by atoms with Crippen LogP contribution in [0.5, 0.6) is 5.75 Å². The molecule has 4 nitrogen and oxygen atoms in total. The van der Waals surface area contributed by atoms with Gasteiger partial charge in [0.2, 0.25) is 0 Å². The number of phenols is 1. The van der Waals surface area contributed by atoms with Gasteiger partial charge < -0.3 is 9.67 Å². The SMILES string of the molecule is [2H]c1nc(-c2cccc(-c3cccc4c3nc(-c3cc(C)cc(C)c3O)n4C)c2)c([2H])c(C([2H])([2H])[2H])c1[2H]. The number of hydrogen-bond donors (Lipinski definition) is 1. The number of benzene rings is 3. The predicted octanol–water partition coefficient (Wildman–Crippen LogP) is 6.60. The molecule has 5 rings (SSSR count). The van der Waals surface area contributed by atoms with Crippen molar-refractivity contribution in [2.75, 3.05) is 0 Å². The van der Waals surface area contributed by atoms with Crippen molar-refractivity contribution in [3.63, 3.8) is 0 Å². The lowest BCUT2D eigenvalue weighted by atomic mass is 10.00. The molecule has 0 saturated heterocycles. The molecule has 2 heterocycles. The van der Waals surface area contributed by atoms with E-state index < -0.39 is 24.6 Å². The Morgan fingerprint density at radius 1 is 0.969 bits per heavy atom. The highest BCUT2D eigenvalue weighted by atomic mass is 16.3. The van der Waals surface area contributed by atoms with Crippen LogP contribution in [-0.4, -0.2) is 19.6 Å². The zero-order valence-electron chi connectivity index (χ0n) is 24.0. The Balaban J connectivity index is 1.70. The standard InChI is InChI=1S/C28H25N3O/c1-17-11-12-29-24(15-17)21-8-5-7-20(16-21)22-9-6-10-25-26(22)30-28(31(25)4)23-14-18(2)13-19(3)27(23)32/h5-16,32H,1-4H3/i1D3,11D,12D,15D. The minimum Gasteiger partial charge on any atom is -0.507 e. The maximum Gasteiger partial charge on any atom is 0.144 e. The maximum atomic E-state index is 10.8. The summed E-state index contributed by atoms with van der Waals surface area (Å²) in [4.78, 5) is 9.01. The largest absolute Gasteiger partial charge is 0.507 e. The average molecular weight is 426 g/mol. The third kappa shape index (κ3) is 3.34. The van der Waals surface area contributed by atoms with Crippen LogP contribution in [-0.2, 0) is 7.05 Å². The number of nitrogens with zero attached hydrogens (tertiary/aromatic N) is 3. The molecule has 158 valence electrons. The fourth-order valence-corrected chi connectivity index (χ4v) is 4.11. The molecule has 0 amide bonds. The highest BCUT2D eigenvalue weighted by Gasteiger charge is 2.18. The fourth-order valence-electron chi connectivity index (χ4n) is 4.11. The molecule has 0 bridgehead atoms. The van der Waals surface area contributed by atoms with E-state index >= 15 is 0 Å². The van der Waals surface area contributed by atoms with Gasteiger partial charge in [0.1, 0.15) is 11.6 Å². The topological polar surface area (TPSA) is 50.9 Å². The number of hydrogen-bond acceptors (Lipinski definition) is 3. The second-order valence-electron chi connectivity index (χ2n) is 7.92. The number of aryl methyl sites for hydroxylation is 3. The van der Waals surface area contributed by atoms with Gasteiger partial charge in [-0.3, -0.25) is 4.98 Å². The Morgan fingerprint density at radius 2 is 1.78 bits per heavy atom. The summed E-state index contributed by atoms with van der Waals surface area (Å²) < 4.78 is 49.8. The molecule has 3 aromatic carbocycles. The molecule has 0 unspecified atom stereocenters. The zero-order valence-corrected chi connectivity index (χ0v) is 18.0. The molecular formula is C28H25N3O. The number of imidazole rings is 1. The summed E-state index contributed by atoms with van der Waals surface area (Å²) in [7, 11) is 1.90. The first kappa shape index (κ1) is 14.2. The Morgan fingerprint density at radius 3 is 2.62 bits per heavy atom. The first-order chi connectivity index (χ1) is 17.9. The first-order valence-corrected chi connectivity index (χ1v) is 10.2. The first-order valence-electron chi connectivity index (χ1n) is 13.2. The number of aromatic nitrogens is 3. The Hall–Kier alpha value is -3.92. The summed E-state index contributed by atoms with van der Waals surface area (Å²) in [6, 6.07) is 15.8. The van der Waals surface area contributed by atoms with Gasteiger partial charge in [0, 0.05) is 28.5 Å². The van der Waals surface area contributed by atoms with E-state index in [2.05, 4.69) is 4.98 Å². The van der Waals surface area contributed by atoms with E-state index in [1.165, 1.54) is 0 Å². The lowest BCUT2D eigenvalue weighted by Gasteiger charge is -2.09. The molecule has 0 aliphatic heterocycles. The number of para-hydroxylation sites is 1. The van der Waals surface area contributed by atoms with E-state index in [0.717, 1.165) is 27.8 Å². The van der Waals surface area contributed by atoms with Crippen molar-refractivity contribution in [2.45, 2.75) is 20.7 Å². The molecule has 2 aromatic heterocycles. The van der Waals surface area contributed by atoms with Crippen LogP contribution in [0.2, 0.25) is 0 Å². The van der Waals surface area contributed by atoms with E-state index in [1.54, 1.807) is 18.2 Å². The highest BCUT2D eigenvalue weighted by Crippen LogP contribution is 2.37. The van der Waals surface area contributed by atoms with E-state index in [-0.39, 0.29) is 17.5 Å². The second kappa shape index (κ2) is 7.65. The van der Waals surface area contributed by atoms with Crippen LogP contribution in [0.3, 0.4) is 0 Å². The van der Waals surface area contributed by atoms with Gasteiger partial charge in [-0.05, 0) is 73.2 Å². The maximum absolute atomic E-state index is 10.8. The summed E-state index contributed by atoms with van der Waals surface area (Å²) in [6.07, 6.45) is -0.489. The third-order valence-electron chi connectivity index (χ3n) is 5.64. The van der Waals surface area contributed by atoms with Crippen LogP contribution in [0.15, 0.2) is 72.9 Å². The van der Waals surface area contributed by atoms with Crippen LogP contribution in [0.1, 0.15) is 24.9 Å². The molecule has 0 aliphatic rings. The monoisotopic (exact) mass is 425 g/mol. The normalized spacial score (nSPS) is 14.3. The smallest absolute Gasteiger partial charge is 0.144 e. The molecule has 0 atom stereocenters. The van der Waals surface area contributed by atoms with Crippen molar-refractivity contribution in [3.8, 4) is 39.5 Å². The Kier molecular flexibility index (Phi) is 3.39. The van der Waals surface area contributed by atoms with Crippen molar-refractivity contribution in [2.24, 2.45) is 7.05 Å². The van der Waals surface area contributed by atoms with Crippen molar-refractivity contribution >= 4 is 11.0 Å². The lowest BCUT2D eigenvalue weighted by molar-refractivity contribution is 0.472. The van der Waals surface area contributed by atoms with Gasteiger partial charge in [-0.25, -0.2) is 4.98 Å². The molecule has 32 heavy (non-hydrogen) atoms. The second-order valence-corrected chi connectivity index (χ2v) is 7.92. The van der Waals surface area contributed by atoms with Gasteiger partial charge in [0.05, 0.1) is 26.4 Å². The predicted molar refractivity (Wildman–Crippen MR) is 131 cm³/mol. The molecular weight excluding hydrogens is 394 g/mol. The van der Waals surface area contributed by atoms with Gasteiger partial charge in [-0.2, -0.15) is 0 Å². The van der Waals surface area contributed by atoms with Gasteiger partial charge >= 0.3 is 0 Å². The number of rotatable bonds is 3. The summed E-state index contributed by atoms with van der Waals surface area (Å²) >= 11 is 0. The van der Waals surface area contributed by atoms with Crippen LogP contribution >= 0.6 is 0 Å². The van der Waals surface area contributed by atoms with Crippen molar-refractivity contribution in [3.05, 3.63) is 89.5 Å². The molecule has 1 N–H and O–H groups in total. The van der Waals surface area contributed by atoms with E-state index in [4.69, 9.17) is 13.2 Å². The number of pyridine rings is 1.